The highest BCUT2D eigenvalue weighted by atomic mass is 16.5. The van der Waals surface area contributed by atoms with E-state index in [4.69, 9.17) is 10.5 Å². The van der Waals surface area contributed by atoms with Crippen molar-refractivity contribution in [2.24, 2.45) is 5.73 Å². The van der Waals surface area contributed by atoms with Crippen molar-refractivity contribution in [3.8, 4) is 6.01 Å². The molecule has 0 amide bonds. The fourth-order valence-corrected chi connectivity index (χ4v) is 1.46. The van der Waals surface area contributed by atoms with Crippen molar-refractivity contribution in [2.45, 2.75) is 39.7 Å². The quantitative estimate of drug-likeness (QED) is 0.758. The van der Waals surface area contributed by atoms with Crippen LogP contribution < -0.4 is 10.5 Å². The third-order valence-electron chi connectivity index (χ3n) is 2.13. The maximum absolute atomic E-state index is 5.98. The number of nitrogens with zero attached hydrogens (tertiary/aromatic N) is 1. The number of imidazole rings is 1. The zero-order chi connectivity index (χ0) is 10.6. The fraction of sp³-hybridized carbons (Fsp3) is 0.700. The third kappa shape index (κ3) is 2.48. The number of H-pyrrole nitrogens is 1. The van der Waals surface area contributed by atoms with Crippen LogP contribution in [0.4, 0.5) is 0 Å². The maximum atomic E-state index is 5.98. The SMILES string of the molecule is CCCC(N)c1nc(OCC)[nH]c1C. The molecule has 0 radical (unpaired) electrons. The van der Waals surface area contributed by atoms with Gasteiger partial charge >= 0.3 is 0 Å². The van der Waals surface area contributed by atoms with Crippen molar-refractivity contribution in [3.63, 3.8) is 0 Å². The highest BCUT2D eigenvalue weighted by Gasteiger charge is 2.13. The van der Waals surface area contributed by atoms with Gasteiger partial charge < -0.3 is 15.5 Å². The lowest BCUT2D eigenvalue weighted by Crippen LogP contribution is -2.11. The first-order valence-corrected chi connectivity index (χ1v) is 5.13. The summed E-state index contributed by atoms with van der Waals surface area (Å²) >= 11 is 0. The van der Waals surface area contributed by atoms with Crippen LogP contribution >= 0.6 is 0 Å². The average molecular weight is 197 g/mol. The lowest BCUT2D eigenvalue weighted by molar-refractivity contribution is 0.315. The van der Waals surface area contributed by atoms with Gasteiger partial charge in [0.15, 0.2) is 0 Å². The second kappa shape index (κ2) is 5.00. The average Bonchev–Trinajstić information content (AvgIpc) is 2.48. The van der Waals surface area contributed by atoms with Gasteiger partial charge in [0.2, 0.25) is 0 Å². The van der Waals surface area contributed by atoms with E-state index in [9.17, 15) is 0 Å². The fourth-order valence-electron chi connectivity index (χ4n) is 1.46. The molecular weight excluding hydrogens is 178 g/mol. The Hall–Kier alpha value is -1.03. The van der Waals surface area contributed by atoms with Crippen molar-refractivity contribution < 1.29 is 4.74 Å². The van der Waals surface area contributed by atoms with Gasteiger partial charge in [0, 0.05) is 11.7 Å². The maximum Gasteiger partial charge on any atom is 0.294 e. The number of aryl methyl sites for hydroxylation is 1. The van der Waals surface area contributed by atoms with Gasteiger partial charge in [-0.1, -0.05) is 13.3 Å². The summed E-state index contributed by atoms with van der Waals surface area (Å²) in [5.74, 6) is 0. The van der Waals surface area contributed by atoms with Crippen LogP contribution in [0.3, 0.4) is 0 Å². The summed E-state index contributed by atoms with van der Waals surface area (Å²) in [4.78, 5) is 7.39. The molecule has 0 saturated carbocycles. The Kier molecular flexibility index (Phi) is 3.95. The molecule has 0 saturated heterocycles. The molecule has 1 aromatic heterocycles. The Morgan fingerprint density at radius 2 is 2.21 bits per heavy atom. The first kappa shape index (κ1) is 11.0. The number of ether oxygens (including phenoxy) is 1. The standard InChI is InChI=1S/C10H19N3O/c1-4-6-8(11)9-7(3)12-10(13-9)14-5-2/h8H,4-6,11H2,1-3H3,(H,12,13). The number of hydrogen-bond donors (Lipinski definition) is 2. The van der Waals surface area contributed by atoms with Crippen molar-refractivity contribution in [3.05, 3.63) is 11.4 Å². The molecule has 3 N–H and O–H groups in total. The lowest BCUT2D eigenvalue weighted by Gasteiger charge is -2.07. The summed E-state index contributed by atoms with van der Waals surface area (Å²) in [6.07, 6.45) is 2.02. The minimum atomic E-state index is 0.0189. The van der Waals surface area contributed by atoms with Gasteiger partial charge in [0.05, 0.1) is 12.3 Å². The molecule has 1 aromatic rings. The van der Waals surface area contributed by atoms with Crippen LogP contribution in [0.2, 0.25) is 0 Å². The Balaban J connectivity index is 2.75. The molecule has 1 rings (SSSR count). The minimum Gasteiger partial charge on any atom is -0.465 e. The zero-order valence-electron chi connectivity index (χ0n) is 9.13. The second-order valence-corrected chi connectivity index (χ2v) is 3.38. The molecule has 0 fully saturated rings. The highest BCUT2D eigenvalue weighted by Crippen LogP contribution is 2.20. The van der Waals surface area contributed by atoms with Gasteiger partial charge in [0.1, 0.15) is 0 Å². The van der Waals surface area contributed by atoms with Crippen molar-refractivity contribution in [1.82, 2.24) is 9.97 Å². The van der Waals surface area contributed by atoms with Gasteiger partial charge in [-0.25, -0.2) is 0 Å². The molecule has 0 bridgehead atoms. The predicted molar refractivity (Wildman–Crippen MR) is 56.3 cm³/mol. The van der Waals surface area contributed by atoms with Gasteiger partial charge in [-0.05, 0) is 20.3 Å². The van der Waals surface area contributed by atoms with Crippen molar-refractivity contribution in [2.75, 3.05) is 6.61 Å². The molecule has 1 atom stereocenters. The van der Waals surface area contributed by atoms with Gasteiger partial charge in [-0.3, -0.25) is 0 Å². The first-order valence-electron chi connectivity index (χ1n) is 5.13. The normalized spacial score (nSPS) is 12.9. The zero-order valence-corrected chi connectivity index (χ0v) is 9.13. The molecule has 4 heteroatoms. The largest absolute Gasteiger partial charge is 0.465 e. The number of nitrogens with one attached hydrogen (secondary N) is 1. The molecule has 0 aliphatic carbocycles. The van der Waals surface area contributed by atoms with E-state index < -0.39 is 0 Å². The third-order valence-corrected chi connectivity index (χ3v) is 2.13. The second-order valence-electron chi connectivity index (χ2n) is 3.38. The van der Waals surface area contributed by atoms with Crippen LogP contribution in [-0.4, -0.2) is 16.6 Å². The highest BCUT2D eigenvalue weighted by molar-refractivity contribution is 5.19. The summed E-state index contributed by atoms with van der Waals surface area (Å²) in [6.45, 7) is 6.64. The molecule has 0 spiro atoms. The predicted octanol–water partition coefficient (Wildman–Crippen LogP) is 1.92. The van der Waals surface area contributed by atoms with Crippen LogP contribution in [0.25, 0.3) is 0 Å². The van der Waals surface area contributed by atoms with Gasteiger partial charge in [0.25, 0.3) is 6.01 Å². The van der Waals surface area contributed by atoms with E-state index in [1.54, 1.807) is 0 Å². The number of rotatable bonds is 5. The molecule has 14 heavy (non-hydrogen) atoms. The minimum absolute atomic E-state index is 0.0189. The lowest BCUT2D eigenvalue weighted by atomic mass is 10.1. The van der Waals surface area contributed by atoms with E-state index in [1.165, 1.54) is 0 Å². The van der Waals surface area contributed by atoms with Crippen LogP contribution in [0.1, 0.15) is 44.1 Å². The van der Waals surface area contributed by atoms with E-state index in [0.717, 1.165) is 24.2 Å². The molecule has 0 aromatic carbocycles. The number of nitrogens with two attached hydrogens (primary N) is 1. The smallest absolute Gasteiger partial charge is 0.294 e. The molecule has 4 nitrogen and oxygen atoms in total. The van der Waals surface area contributed by atoms with E-state index in [2.05, 4.69) is 16.9 Å². The monoisotopic (exact) mass is 197 g/mol. The van der Waals surface area contributed by atoms with Crippen LogP contribution in [0, 0.1) is 6.92 Å². The van der Waals surface area contributed by atoms with E-state index in [-0.39, 0.29) is 6.04 Å². The first-order chi connectivity index (χ1) is 6.69. The van der Waals surface area contributed by atoms with Crippen molar-refractivity contribution in [1.29, 1.82) is 0 Å². The van der Waals surface area contributed by atoms with Crippen LogP contribution in [0.5, 0.6) is 6.01 Å². The van der Waals surface area contributed by atoms with E-state index in [1.807, 2.05) is 13.8 Å². The van der Waals surface area contributed by atoms with Crippen LogP contribution in [0.15, 0.2) is 0 Å². The topological polar surface area (TPSA) is 63.9 Å². The molecule has 0 aliphatic rings. The summed E-state index contributed by atoms with van der Waals surface area (Å²) in [5, 5.41) is 0. The number of aromatic nitrogens is 2. The van der Waals surface area contributed by atoms with Gasteiger partial charge in [-0.2, -0.15) is 4.98 Å². The summed E-state index contributed by atoms with van der Waals surface area (Å²) in [5.41, 5.74) is 7.91. The van der Waals surface area contributed by atoms with Crippen molar-refractivity contribution >= 4 is 0 Å². The molecular formula is C10H19N3O. The molecule has 0 aliphatic heterocycles. The Labute approximate surface area is 84.9 Å². The number of aromatic amines is 1. The van der Waals surface area contributed by atoms with Crippen LogP contribution in [-0.2, 0) is 0 Å². The number of hydrogen-bond acceptors (Lipinski definition) is 3. The Morgan fingerprint density at radius 3 is 2.79 bits per heavy atom. The summed E-state index contributed by atoms with van der Waals surface area (Å²) in [6, 6.07) is 0.594. The Morgan fingerprint density at radius 1 is 1.50 bits per heavy atom. The molecule has 1 heterocycles. The van der Waals surface area contributed by atoms with E-state index >= 15 is 0 Å². The molecule has 1 unspecified atom stereocenters. The van der Waals surface area contributed by atoms with Gasteiger partial charge in [-0.15, -0.1) is 0 Å². The molecule has 80 valence electrons. The summed E-state index contributed by atoms with van der Waals surface area (Å²) in [7, 11) is 0. The Bertz CT molecular complexity index is 283. The summed E-state index contributed by atoms with van der Waals surface area (Å²) < 4.78 is 5.27. The van der Waals surface area contributed by atoms with E-state index in [0.29, 0.717) is 12.6 Å².